The molecule has 0 aliphatic heterocycles. The second-order valence-electron chi connectivity index (χ2n) is 4.98. The van der Waals surface area contributed by atoms with E-state index in [4.69, 9.17) is 4.74 Å². The van der Waals surface area contributed by atoms with Gasteiger partial charge in [0.05, 0.1) is 17.9 Å². The van der Waals surface area contributed by atoms with Gasteiger partial charge in [0, 0.05) is 6.04 Å². The Kier molecular flexibility index (Phi) is 3.57. The summed E-state index contributed by atoms with van der Waals surface area (Å²) in [5.74, 6) is 0.452. The van der Waals surface area contributed by atoms with Crippen LogP contribution in [0.4, 0.5) is 4.79 Å². The molecule has 0 bridgehead atoms. The van der Waals surface area contributed by atoms with Crippen LogP contribution < -0.4 is 10.1 Å². The summed E-state index contributed by atoms with van der Waals surface area (Å²) in [4.78, 5) is 11.3. The minimum absolute atomic E-state index is 0.0603. The van der Waals surface area contributed by atoms with Gasteiger partial charge in [-0.1, -0.05) is 0 Å². The first-order valence-electron chi connectivity index (χ1n) is 5.32. The summed E-state index contributed by atoms with van der Waals surface area (Å²) in [5, 5.41) is 6.77. The molecule has 1 heterocycles. The van der Waals surface area contributed by atoms with E-state index in [0.717, 1.165) is 0 Å². The molecular weight excluding hydrogens is 206 g/mol. The molecule has 5 nitrogen and oxygen atoms in total. The fourth-order valence-electron chi connectivity index (χ4n) is 1.10. The quantitative estimate of drug-likeness (QED) is 0.838. The summed E-state index contributed by atoms with van der Waals surface area (Å²) in [6.07, 6.45) is 2.79. The standard InChI is InChI=1S/C11H19N3O2/c1-8(2)13-10(15)16-9-6-12-14(7-9)11(3,4)5/h6-8H,1-5H3,(H,13,15). The summed E-state index contributed by atoms with van der Waals surface area (Å²) in [6, 6.07) is 0.0603. The summed E-state index contributed by atoms with van der Waals surface area (Å²) >= 11 is 0. The molecule has 0 atom stereocenters. The molecule has 5 heteroatoms. The molecule has 0 saturated carbocycles. The average Bonchev–Trinajstić information content (AvgIpc) is 2.49. The minimum atomic E-state index is -0.455. The van der Waals surface area contributed by atoms with Crippen LogP contribution in [0.25, 0.3) is 0 Å². The number of carbonyl (C=O) groups excluding carboxylic acids is 1. The van der Waals surface area contributed by atoms with E-state index in [2.05, 4.69) is 10.4 Å². The van der Waals surface area contributed by atoms with Crippen LogP contribution in [-0.2, 0) is 5.54 Å². The summed E-state index contributed by atoms with van der Waals surface area (Å²) in [6.45, 7) is 9.83. The van der Waals surface area contributed by atoms with Crippen molar-refractivity contribution in [3.8, 4) is 5.75 Å². The van der Waals surface area contributed by atoms with Crippen LogP contribution in [0.2, 0.25) is 0 Å². The van der Waals surface area contributed by atoms with Gasteiger partial charge in [-0.25, -0.2) is 4.79 Å². The van der Waals surface area contributed by atoms with Crippen LogP contribution in [-0.4, -0.2) is 21.9 Å². The van der Waals surface area contributed by atoms with Gasteiger partial charge < -0.3 is 10.1 Å². The van der Waals surface area contributed by atoms with E-state index in [-0.39, 0.29) is 11.6 Å². The highest BCUT2D eigenvalue weighted by atomic mass is 16.6. The SMILES string of the molecule is CC(C)NC(=O)Oc1cnn(C(C)(C)C)c1. The molecule has 0 spiro atoms. The highest BCUT2D eigenvalue weighted by Crippen LogP contribution is 2.17. The maximum Gasteiger partial charge on any atom is 0.412 e. The van der Waals surface area contributed by atoms with Gasteiger partial charge in [0.2, 0.25) is 0 Å². The second-order valence-corrected chi connectivity index (χ2v) is 4.98. The van der Waals surface area contributed by atoms with Gasteiger partial charge >= 0.3 is 6.09 Å². The van der Waals surface area contributed by atoms with Gasteiger partial charge in [0.1, 0.15) is 0 Å². The van der Waals surface area contributed by atoms with Crippen molar-refractivity contribution in [1.29, 1.82) is 0 Å². The van der Waals surface area contributed by atoms with Crippen LogP contribution in [0, 0.1) is 0 Å². The van der Waals surface area contributed by atoms with Gasteiger partial charge in [-0.05, 0) is 34.6 Å². The number of nitrogens with one attached hydrogen (secondary N) is 1. The third-order valence-corrected chi connectivity index (χ3v) is 1.86. The molecule has 1 N–H and O–H groups in total. The number of hydrogen-bond acceptors (Lipinski definition) is 3. The number of nitrogens with zero attached hydrogens (tertiary/aromatic N) is 2. The number of aromatic nitrogens is 2. The Morgan fingerprint density at radius 2 is 2.12 bits per heavy atom. The first-order valence-corrected chi connectivity index (χ1v) is 5.32. The van der Waals surface area contributed by atoms with E-state index in [1.54, 1.807) is 10.9 Å². The number of hydrogen-bond donors (Lipinski definition) is 1. The van der Waals surface area contributed by atoms with Gasteiger partial charge in [0.25, 0.3) is 0 Å². The Morgan fingerprint density at radius 1 is 1.50 bits per heavy atom. The molecular formula is C11H19N3O2. The lowest BCUT2D eigenvalue weighted by Gasteiger charge is -2.18. The van der Waals surface area contributed by atoms with Gasteiger partial charge in [-0.15, -0.1) is 0 Å². The molecule has 0 fully saturated rings. The van der Waals surface area contributed by atoms with E-state index in [1.165, 1.54) is 6.20 Å². The molecule has 0 aliphatic carbocycles. The van der Waals surface area contributed by atoms with E-state index < -0.39 is 6.09 Å². The van der Waals surface area contributed by atoms with Crippen molar-refractivity contribution in [2.24, 2.45) is 0 Å². The number of ether oxygens (including phenoxy) is 1. The lowest BCUT2D eigenvalue weighted by molar-refractivity contribution is 0.197. The number of amides is 1. The van der Waals surface area contributed by atoms with Crippen LogP contribution >= 0.6 is 0 Å². The molecule has 1 rings (SSSR count). The molecule has 16 heavy (non-hydrogen) atoms. The molecule has 0 radical (unpaired) electrons. The van der Waals surface area contributed by atoms with E-state index in [9.17, 15) is 4.79 Å². The third kappa shape index (κ3) is 3.56. The molecule has 0 aliphatic rings. The topological polar surface area (TPSA) is 56.1 Å². The van der Waals surface area contributed by atoms with E-state index in [0.29, 0.717) is 5.75 Å². The van der Waals surface area contributed by atoms with Crippen molar-refractivity contribution < 1.29 is 9.53 Å². The molecule has 1 amide bonds. The average molecular weight is 225 g/mol. The van der Waals surface area contributed by atoms with Crippen molar-refractivity contribution in [1.82, 2.24) is 15.1 Å². The lowest BCUT2D eigenvalue weighted by atomic mass is 10.1. The Morgan fingerprint density at radius 3 is 2.56 bits per heavy atom. The molecule has 0 saturated heterocycles. The number of rotatable bonds is 2. The summed E-state index contributed by atoms with van der Waals surface area (Å²) in [7, 11) is 0. The fourth-order valence-corrected chi connectivity index (χ4v) is 1.10. The zero-order chi connectivity index (χ0) is 12.3. The zero-order valence-corrected chi connectivity index (χ0v) is 10.4. The van der Waals surface area contributed by atoms with Crippen molar-refractivity contribution >= 4 is 6.09 Å². The molecule has 1 aromatic heterocycles. The maximum atomic E-state index is 11.3. The second kappa shape index (κ2) is 4.55. The van der Waals surface area contributed by atoms with Crippen molar-refractivity contribution in [2.75, 3.05) is 0 Å². The van der Waals surface area contributed by atoms with Crippen LogP contribution in [0.1, 0.15) is 34.6 Å². The smallest absolute Gasteiger partial charge is 0.407 e. The molecule has 1 aromatic rings. The zero-order valence-electron chi connectivity index (χ0n) is 10.4. The summed E-state index contributed by atoms with van der Waals surface area (Å²) in [5.41, 5.74) is -0.115. The van der Waals surface area contributed by atoms with Crippen molar-refractivity contribution in [3.05, 3.63) is 12.4 Å². The lowest BCUT2D eigenvalue weighted by Crippen LogP contribution is -2.32. The van der Waals surface area contributed by atoms with Crippen LogP contribution in [0.3, 0.4) is 0 Å². The Bertz CT molecular complexity index is 364. The monoisotopic (exact) mass is 225 g/mol. The molecule has 90 valence electrons. The predicted molar refractivity (Wildman–Crippen MR) is 61.5 cm³/mol. The largest absolute Gasteiger partial charge is 0.412 e. The van der Waals surface area contributed by atoms with Gasteiger partial charge in [0.15, 0.2) is 5.75 Å². The fraction of sp³-hybridized carbons (Fsp3) is 0.636. The van der Waals surface area contributed by atoms with E-state index in [1.807, 2.05) is 34.6 Å². The summed E-state index contributed by atoms with van der Waals surface area (Å²) < 4.78 is 6.82. The molecule has 0 unspecified atom stereocenters. The van der Waals surface area contributed by atoms with Crippen molar-refractivity contribution in [3.63, 3.8) is 0 Å². The van der Waals surface area contributed by atoms with Crippen molar-refractivity contribution in [2.45, 2.75) is 46.2 Å². The van der Waals surface area contributed by atoms with Gasteiger partial charge in [-0.2, -0.15) is 5.10 Å². The predicted octanol–water partition coefficient (Wildman–Crippen LogP) is 2.13. The first kappa shape index (κ1) is 12.5. The maximum absolute atomic E-state index is 11.3. The van der Waals surface area contributed by atoms with E-state index >= 15 is 0 Å². The Balaban J connectivity index is 2.62. The molecule has 0 aromatic carbocycles. The first-order chi connectivity index (χ1) is 7.29. The highest BCUT2D eigenvalue weighted by molar-refractivity contribution is 5.70. The van der Waals surface area contributed by atoms with Crippen LogP contribution in [0.15, 0.2) is 12.4 Å². The van der Waals surface area contributed by atoms with Gasteiger partial charge in [-0.3, -0.25) is 4.68 Å². The van der Waals surface area contributed by atoms with Crippen LogP contribution in [0.5, 0.6) is 5.75 Å². The number of carbonyl (C=O) groups is 1. The Hall–Kier alpha value is -1.52. The Labute approximate surface area is 95.8 Å². The third-order valence-electron chi connectivity index (χ3n) is 1.86. The highest BCUT2D eigenvalue weighted by Gasteiger charge is 2.15. The minimum Gasteiger partial charge on any atom is -0.407 e. The normalized spacial score (nSPS) is 11.6.